The van der Waals surface area contributed by atoms with Gasteiger partial charge in [-0.05, 0) is 16.2 Å². The van der Waals surface area contributed by atoms with Crippen molar-refractivity contribution in [3.05, 3.63) is 42.0 Å². The Morgan fingerprint density at radius 3 is 2.58 bits per heavy atom. The maximum absolute atomic E-state index is 10.3. The van der Waals surface area contributed by atoms with Gasteiger partial charge in [-0.15, -0.1) is 0 Å². The third kappa shape index (κ3) is 3.42. The fraction of sp³-hybridized carbons (Fsp3) is 0.111. The number of rotatable bonds is 3. The molecule has 0 radical (unpaired) electrons. The van der Waals surface area contributed by atoms with E-state index < -0.39 is 8.03 Å². The zero-order valence-electron chi connectivity index (χ0n) is 6.55. The first-order chi connectivity index (χ1) is 5.79. The number of hydrogen-bond donors (Lipinski definition) is 1. The molecular weight excluding hydrogens is 171 g/mol. The second-order valence-electron chi connectivity index (χ2n) is 2.35. The summed E-state index contributed by atoms with van der Waals surface area (Å²) in [6.45, 7) is 0. The summed E-state index contributed by atoms with van der Waals surface area (Å²) in [5.41, 5.74) is 1.05. The summed E-state index contributed by atoms with van der Waals surface area (Å²) < 4.78 is 10.3. The highest BCUT2D eigenvalue weighted by atomic mass is 31.1. The van der Waals surface area contributed by atoms with E-state index in [-0.39, 0.29) is 6.16 Å². The molecule has 0 aliphatic rings. The van der Waals surface area contributed by atoms with Gasteiger partial charge in [0, 0.05) is 0 Å². The van der Waals surface area contributed by atoms with Crippen LogP contribution in [0, 0.1) is 0 Å². The minimum Gasteiger partial charge on any atom is -0.160 e. The highest BCUT2D eigenvalue weighted by Crippen LogP contribution is 2.12. The van der Waals surface area contributed by atoms with Gasteiger partial charge in [-0.2, -0.15) is 4.89 Å². The molecule has 3 heteroatoms. The van der Waals surface area contributed by atoms with Crippen LogP contribution in [0.5, 0.6) is 0 Å². The van der Waals surface area contributed by atoms with Crippen LogP contribution >= 0.6 is 8.03 Å². The van der Waals surface area contributed by atoms with Crippen molar-refractivity contribution in [1.82, 2.24) is 0 Å². The molecule has 1 N–H and O–H groups in total. The molecule has 0 aliphatic heterocycles. The summed E-state index contributed by atoms with van der Waals surface area (Å²) in [4.78, 5) is 8.49. The first kappa shape index (κ1) is 9.11. The molecule has 0 spiro atoms. The first-order valence-electron chi connectivity index (χ1n) is 3.64. The minimum absolute atomic E-state index is 0.226. The summed E-state index contributed by atoms with van der Waals surface area (Å²) in [6.07, 6.45) is 3.77. The van der Waals surface area contributed by atoms with Crippen LogP contribution < -0.4 is 0 Å². The van der Waals surface area contributed by atoms with Crippen LogP contribution in [-0.2, 0) is 4.57 Å². The van der Waals surface area contributed by atoms with Gasteiger partial charge in [-0.25, -0.2) is 0 Å². The summed E-state index contributed by atoms with van der Waals surface area (Å²) in [5, 5.41) is 0. The first-order valence-corrected chi connectivity index (χ1v) is 5.04. The van der Waals surface area contributed by atoms with Gasteiger partial charge in [-0.1, -0.05) is 36.4 Å². The fourth-order valence-electron chi connectivity index (χ4n) is 0.843. The van der Waals surface area contributed by atoms with Crippen LogP contribution in [0.25, 0.3) is 6.08 Å². The van der Waals surface area contributed by atoms with E-state index in [1.807, 2.05) is 36.4 Å². The molecule has 1 aromatic rings. The van der Waals surface area contributed by atoms with E-state index in [0.717, 1.165) is 5.56 Å². The van der Waals surface area contributed by atoms with Crippen molar-refractivity contribution in [2.75, 3.05) is 6.16 Å². The third-order valence-electron chi connectivity index (χ3n) is 1.37. The van der Waals surface area contributed by atoms with Gasteiger partial charge >= 0.3 is 8.03 Å². The highest BCUT2D eigenvalue weighted by Gasteiger charge is 2.03. The molecule has 1 atom stereocenters. The summed E-state index contributed by atoms with van der Waals surface area (Å²) in [7, 11) is -2.03. The van der Waals surface area contributed by atoms with Crippen molar-refractivity contribution in [3.63, 3.8) is 0 Å². The molecule has 0 aliphatic carbocycles. The van der Waals surface area contributed by atoms with E-state index in [9.17, 15) is 4.57 Å². The third-order valence-corrected chi connectivity index (χ3v) is 1.89. The standard InChI is InChI=1S/C9H9O2P/c10-12(11)8-4-7-9-5-2-1-3-6-9/h1-7H,8H2/p+1/b7-4+. The predicted molar refractivity (Wildman–Crippen MR) is 50.2 cm³/mol. The molecule has 0 bridgehead atoms. The Bertz CT molecular complexity index is 280. The van der Waals surface area contributed by atoms with Crippen LogP contribution in [0.1, 0.15) is 5.56 Å². The molecule has 62 valence electrons. The number of allylic oxidation sites excluding steroid dienone is 1. The smallest absolute Gasteiger partial charge is 0.160 e. The Balaban J connectivity index is 2.52. The monoisotopic (exact) mass is 181 g/mol. The molecule has 1 unspecified atom stereocenters. The molecule has 0 saturated heterocycles. The normalized spacial score (nSPS) is 11.9. The largest absolute Gasteiger partial charge is 0.509 e. The highest BCUT2D eigenvalue weighted by molar-refractivity contribution is 7.38. The van der Waals surface area contributed by atoms with E-state index in [1.165, 1.54) is 0 Å². The molecule has 0 fully saturated rings. The molecule has 0 amide bonds. The minimum atomic E-state index is -2.03. The molecule has 0 heterocycles. The number of hydrogen-bond acceptors (Lipinski definition) is 1. The van der Waals surface area contributed by atoms with Gasteiger partial charge in [0.05, 0.1) is 0 Å². The van der Waals surface area contributed by atoms with Crippen molar-refractivity contribution in [3.8, 4) is 0 Å². The maximum Gasteiger partial charge on any atom is 0.509 e. The SMILES string of the molecule is O=[P+](O)C/C=C/c1ccccc1. The Hall–Kier alpha value is -0.980. The predicted octanol–water partition coefficient (Wildman–Crippen LogP) is 2.43. The van der Waals surface area contributed by atoms with Crippen LogP contribution in [0.15, 0.2) is 36.4 Å². The second-order valence-corrected chi connectivity index (χ2v) is 3.42. The zero-order valence-corrected chi connectivity index (χ0v) is 7.45. The van der Waals surface area contributed by atoms with E-state index in [2.05, 4.69) is 0 Å². The van der Waals surface area contributed by atoms with E-state index in [1.54, 1.807) is 6.08 Å². The lowest BCUT2D eigenvalue weighted by atomic mass is 10.2. The van der Waals surface area contributed by atoms with Crippen molar-refractivity contribution in [1.29, 1.82) is 0 Å². The van der Waals surface area contributed by atoms with E-state index >= 15 is 0 Å². The van der Waals surface area contributed by atoms with Crippen LogP contribution in [0.2, 0.25) is 0 Å². The molecule has 0 saturated carbocycles. The van der Waals surface area contributed by atoms with Gasteiger partial charge in [-0.3, -0.25) is 0 Å². The van der Waals surface area contributed by atoms with Gasteiger partial charge in [0.2, 0.25) is 0 Å². The van der Waals surface area contributed by atoms with Gasteiger partial charge in [0.15, 0.2) is 6.16 Å². The average Bonchev–Trinajstić information content (AvgIpc) is 2.05. The van der Waals surface area contributed by atoms with Crippen molar-refractivity contribution >= 4 is 14.1 Å². The molecule has 1 rings (SSSR count). The van der Waals surface area contributed by atoms with Gasteiger partial charge in [0.25, 0.3) is 0 Å². The molecule has 12 heavy (non-hydrogen) atoms. The molecule has 1 aromatic carbocycles. The Morgan fingerprint density at radius 2 is 2.00 bits per heavy atom. The summed E-state index contributed by atoms with van der Waals surface area (Å²) >= 11 is 0. The lowest BCUT2D eigenvalue weighted by molar-refractivity contribution is 0.506. The lowest BCUT2D eigenvalue weighted by Crippen LogP contribution is -1.70. The summed E-state index contributed by atoms with van der Waals surface area (Å²) in [5.74, 6) is 0. The number of benzene rings is 1. The van der Waals surface area contributed by atoms with E-state index in [0.29, 0.717) is 0 Å². The molecular formula is C9H10O2P+. The Labute approximate surface area is 72.4 Å². The van der Waals surface area contributed by atoms with Gasteiger partial charge in [0.1, 0.15) is 0 Å². The summed E-state index contributed by atoms with van der Waals surface area (Å²) in [6, 6.07) is 9.68. The fourth-order valence-corrected chi connectivity index (χ4v) is 1.13. The Morgan fingerprint density at radius 1 is 1.33 bits per heavy atom. The maximum atomic E-state index is 10.3. The van der Waals surface area contributed by atoms with Crippen LogP contribution in [0.3, 0.4) is 0 Å². The lowest BCUT2D eigenvalue weighted by Gasteiger charge is -1.87. The van der Waals surface area contributed by atoms with Crippen molar-refractivity contribution in [2.45, 2.75) is 0 Å². The van der Waals surface area contributed by atoms with Crippen LogP contribution in [-0.4, -0.2) is 11.1 Å². The van der Waals surface area contributed by atoms with Crippen molar-refractivity contribution < 1.29 is 9.46 Å². The van der Waals surface area contributed by atoms with Crippen LogP contribution in [0.4, 0.5) is 0 Å². The van der Waals surface area contributed by atoms with E-state index in [4.69, 9.17) is 4.89 Å². The quantitative estimate of drug-likeness (QED) is 0.727. The zero-order chi connectivity index (χ0) is 8.81. The van der Waals surface area contributed by atoms with Gasteiger partial charge < -0.3 is 0 Å². The Kier molecular flexibility index (Phi) is 3.65. The molecule has 2 nitrogen and oxygen atoms in total. The van der Waals surface area contributed by atoms with Crippen molar-refractivity contribution in [2.24, 2.45) is 0 Å². The average molecular weight is 181 g/mol. The molecule has 0 aromatic heterocycles. The second kappa shape index (κ2) is 4.81. The topological polar surface area (TPSA) is 37.3 Å².